The molecule has 2 fully saturated rings. The van der Waals surface area contributed by atoms with Crippen LogP contribution in [0.4, 0.5) is 4.79 Å². The zero-order valence-electron chi connectivity index (χ0n) is 10.2. The molecule has 0 atom stereocenters. The summed E-state index contributed by atoms with van der Waals surface area (Å²) in [6.07, 6.45) is 5.98. The maximum Gasteiger partial charge on any atom is 0.315 e. The van der Waals surface area contributed by atoms with Crippen LogP contribution in [0.5, 0.6) is 0 Å². The summed E-state index contributed by atoms with van der Waals surface area (Å²) in [6, 6.07) is 1.26. The highest BCUT2D eigenvalue weighted by Crippen LogP contribution is 2.29. The normalized spacial score (nSPS) is 23.1. The molecule has 1 aliphatic carbocycles. The largest absolute Gasteiger partial charge is 0.338 e. The van der Waals surface area contributed by atoms with Crippen molar-refractivity contribution in [3.05, 3.63) is 0 Å². The Balaban J connectivity index is 1.62. The van der Waals surface area contributed by atoms with Crippen molar-refractivity contribution in [3.8, 4) is 0 Å². The number of piperidine rings is 1. The minimum atomic E-state index is 0.00622. The quantitative estimate of drug-likeness (QED) is 0.758. The van der Waals surface area contributed by atoms with Crippen LogP contribution in [0.1, 0.15) is 39.0 Å². The Bertz CT molecular complexity index is 232. The van der Waals surface area contributed by atoms with Crippen LogP contribution in [-0.4, -0.2) is 42.6 Å². The highest BCUT2D eigenvalue weighted by Gasteiger charge is 2.31. The molecule has 0 spiro atoms. The van der Waals surface area contributed by atoms with Crippen LogP contribution in [-0.2, 0) is 0 Å². The third-order valence-electron chi connectivity index (χ3n) is 3.46. The van der Waals surface area contributed by atoms with E-state index in [-0.39, 0.29) is 6.03 Å². The average Bonchev–Trinajstić information content (AvgIpc) is 3.11. The first-order chi connectivity index (χ1) is 7.79. The predicted octanol–water partition coefficient (Wildman–Crippen LogP) is 1.32. The van der Waals surface area contributed by atoms with Crippen LogP contribution < -0.4 is 10.6 Å². The summed E-state index contributed by atoms with van der Waals surface area (Å²) in [4.78, 5) is 14.0. The minimum Gasteiger partial charge on any atom is -0.338 e. The summed E-state index contributed by atoms with van der Waals surface area (Å²) in [6.45, 7) is 5.15. The monoisotopic (exact) mass is 225 g/mol. The third kappa shape index (κ3) is 3.37. The van der Waals surface area contributed by atoms with E-state index in [0.717, 1.165) is 44.9 Å². The van der Waals surface area contributed by atoms with E-state index in [2.05, 4.69) is 22.5 Å². The Kier molecular flexibility index (Phi) is 4.04. The summed E-state index contributed by atoms with van der Waals surface area (Å²) in [5.41, 5.74) is 0. The number of urea groups is 1. The Labute approximate surface area is 97.8 Å². The number of nitrogens with one attached hydrogen (secondary N) is 2. The number of rotatable bonds is 4. The standard InChI is InChI=1S/C12H23N3O/c1-2-7-13-12(16)14-10-5-8-15(9-6-10)11-3-4-11/h10-11H,2-9H2,1H3,(H2,13,14,16). The average molecular weight is 225 g/mol. The van der Waals surface area contributed by atoms with Crippen molar-refractivity contribution >= 4 is 6.03 Å². The Morgan fingerprint density at radius 3 is 2.50 bits per heavy atom. The molecule has 2 aliphatic rings. The van der Waals surface area contributed by atoms with Gasteiger partial charge in [-0.2, -0.15) is 0 Å². The number of nitrogens with zero attached hydrogens (tertiary/aromatic N) is 1. The van der Waals surface area contributed by atoms with Gasteiger partial charge in [-0.1, -0.05) is 6.92 Å². The molecular formula is C12H23N3O. The maximum absolute atomic E-state index is 11.5. The molecule has 1 saturated heterocycles. The lowest BCUT2D eigenvalue weighted by molar-refractivity contribution is 0.186. The van der Waals surface area contributed by atoms with Crippen LogP contribution in [0.15, 0.2) is 0 Å². The van der Waals surface area contributed by atoms with Crippen LogP contribution in [0.2, 0.25) is 0 Å². The van der Waals surface area contributed by atoms with Gasteiger partial charge in [-0.15, -0.1) is 0 Å². The van der Waals surface area contributed by atoms with Gasteiger partial charge in [0, 0.05) is 31.7 Å². The molecule has 0 unspecified atom stereocenters. The van der Waals surface area contributed by atoms with Crippen LogP contribution in [0, 0.1) is 0 Å². The highest BCUT2D eigenvalue weighted by atomic mass is 16.2. The molecule has 92 valence electrons. The summed E-state index contributed by atoms with van der Waals surface area (Å²) in [5, 5.41) is 5.92. The molecule has 0 aromatic heterocycles. The van der Waals surface area contributed by atoms with Crippen molar-refractivity contribution in [1.29, 1.82) is 0 Å². The van der Waals surface area contributed by atoms with Gasteiger partial charge < -0.3 is 15.5 Å². The maximum atomic E-state index is 11.5. The SMILES string of the molecule is CCCNC(=O)NC1CCN(C2CC2)CC1. The fourth-order valence-corrected chi connectivity index (χ4v) is 2.32. The summed E-state index contributed by atoms with van der Waals surface area (Å²) < 4.78 is 0. The minimum absolute atomic E-state index is 0.00622. The molecule has 0 aromatic carbocycles. The number of carbonyl (C=O) groups is 1. The van der Waals surface area contributed by atoms with Crippen molar-refractivity contribution in [2.45, 2.75) is 51.1 Å². The van der Waals surface area contributed by atoms with Crippen molar-refractivity contribution in [2.24, 2.45) is 0 Å². The molecule has 4 nitrogen and oxygen atoms in total. The lowest BCUT2D eigenvalue weighted by Crippen LogP contribution is -2.48. The van der Waals surface area contributed by atoms with E-state index in [9.17, 15) is 4.79 Å². The zero-order valence-corrected chi connectivity index (χ0v) is 10.2. The van der Waals surface area contributed by atoms with E-state index >= 15 is 0 Å². The van der Waals surface area contributed by atoms with E-state index < -0.39 is 0 Å². The molecule has 0 radical (unpaired) electrons. The second kappa shape index (κ2) is 5.53. The summed E-state index contributed by atoms with van der Waals surface area (Å²) in [5.74, 6) is 0. The van der Waals surface area contributed by atoms with Crippen molar-refractivity contribution < 1.29 is 4.79 Å². The molecule has 4 heteroatoms. The van der Waals surface area contributed by atoms with Gasteiger partial charge in [0.1, 0.15) is 0 Å². The first kappa shape index (κ1) is 11.7. The van der Waals surface area contributed by atoms with Crippen molar-refractivity contribution in [3.63, 3.8) is 0 Å². The van der Waals surface area contributed by atoms with Gasteiger partial charge in [0.05, 0.1) is 0 Å². The Morgan fingerprint density at radius 2 is 1.94 bits per heavy atom. The predicted molar refractivity (Wildman–Crippen MR) is 64.4 cm³/mol. The topological polar surface area (TPSA) is 44.4 Å². The Hall–Kier alpha value is -0.770. The molecule has 2 rings (SSSR count). The van der Waals surface area contributed by atoms with Gasteiger partial charge in [-0.3, -0.25) is 0 Å². The summed E-state index contributed by atoms with van der Waals surface area (Å²) >= 11 is 0. The molecule has 1 heterocycles. The number of amides is 2. The van der Waals surface area contributed by atoms with Gasteiger partial charge in [0.25, 0.3) is 0 Å². The Morgan fingerprint density at radius 1 is 1.25 bits per heavy atom. The highest BCUT2D eigenvalue weighted by molar-refractivity contribution is 5.74. The molecule has 0 bridgehead atoms. The van der Waals surface area contributed by atoms with E-state index in [0.29, 0.717) is 6.04 Å². The second-order valence-electron chi connectivity index (χ2n) is 4.94. The van der Waals surface area contributed by atoms with Gasteiger partial charge in [-0.25, -0.2) is 4.79 Å². The fraction of sp³-hybridized carbons (Fsp3) is 0.917. The number of hydrogen-bond donors (Lipinski definition) is 2. The van der Waals surface area contributed by atoms with Gasteiger partial charge in [-0.05, 0) is 32.1 Å². The molecular weight excluding hydrogens is 202 g/mol. The third-order valence-corrected chi connectivity index (χ3v) is 3.46. The number of carbonyl (C=O) groups excluding carboxylic acids is 1. The van der Waals surface area contributed by atoms with Crippen LogP contribution >= 0.6 is 0 Å². The molecule has 2 N–H and O–H groups in total. The molecule has 2 amide bonds. The van der Waals surface area contributed by atoms with Crippen molar-refractivity contribution in [2.75, 3.05) is 19.6 Å². The van der Waals surface area contributed by atoms with Gasteiger partial charge in [0.15, 0.2) is 0 Å². The van der Waals surface area contributed by atoms with E-state index in [1.165, 1.54) is 12.8 Å². The second-order valence-corrected chi connectivity index (χ2v) is 4.94. The van der Waals surface area contributed by atoms with Crippen molar-refractivity contribution in [1.82, 2.24) is 15.5 Å². The van der Waals surface area contributed by atoms with Gasteiger partial charge >= 0.3 is 6.03 Å². The van der Waals surface area contributed by atoms with E-state index in [1.807, 2.05) is 0 Å². The summed E-state index contributed by atoms with van der Waals surface area (Å²) in [7, 11) is 0. The van der Waals surface area contributed by atoms with Gasteiger partial charge in [0.2, 0.25) is 0 Å². The smallest absolute Gasteiger partial charge is 0.315 e. The molecule has 1 saturated carbocycles. The van der Waals surface area contributed by atoms with Crippen LogP contribution in [0.3, 0.4) is 0 Å². The first-order valence-corrected chi connectivity index (χ1v) is 6.58. The fourth-order valence-electron chi connectivity index (χ4n) is 2.32. The molecule has 16 heavy (non-hydrogen) atoms. The number of hydrogen-bond acceptors (Lipinski definition) is 2. The van der Waals surface area contributed by atoms with E-state index in [4.69, 9.17) is 0 Å². The zero-order chi connectivity index (χ0) is 11.4. The lowest BCUT2D eigenvalue weighted by atomic mass is 10.1. The van der Waals surface area contributed by atoms with E-state index in [1.54, 1.807) is 0 Å². The van der Waals surface area contributed by atoms with Crippen LogP contribution in [0.25, 0.3) is 0 Å². The number of likely N-dealkylation sites (tertiary alicyclic amines) is 1. The lowest BCUT2D eigenvalue weighted by Gasteiger charge is -2.32. The first-order valence-electron chi connectivity index (χ1n) is 6.58. The molecule has 0 aromatic rings. The molecule has 1 aliphatic heterocycles.